The third-order valence-electron chi connectivity index (χ3n) is 23.6. The summed E-state index contributed by atoms with van der Waals surface area (Å²) in [5.74, 6) is -1.25. The summed E-state index contributed by atoms with van der Waals surface area (Å²) in [7, 11) is 0. The Balaban J connectivity index is 0.000000220. The number of amides is 5. The summed E-state index contributed by atoms with van der Waals surface area (Å²) in [4.78, 5) is 77.9. The minimum Gasteiger partial charge on any atom is -0.459 e. The number of aliphatic hydroxyl groups excluding tert-OH is 5. The zero-order valence-corrected chi connectivity index (χ0v) is 72.3. The maximum absolute atomic E-state index is 13.2. The molecule has 10 N–H and O–H groups in total. The van der Waals surface area contributed by atoms with Crippen molar-refractivity contribution in [1.82, 2.24) is 26.6 Å². The van der Waals surface area contributed by atoms with E-state index in [1.54, 1.807) is 24.3 Å². The van der Waals surface area contributed by atoms with Crippen LogP contribution >= 0.6 is 0 Å². The van der Waals surface area contributed by atoms with Crippen LogP contribution in [-0.4, -0.2) is 241 Å². The second-order valence-electron chi connectivity index (χ2n) is 33.0. The van der Waals surface area contributed by atoms with Crippen LogP contribution in [-0.2, 0) is 123 Å². The normalized spacial score (nSPS) is 33.9. The zero-order chi connectivity index (χ0) is 90.2. The molecule has 0 radical (unpaired) electrons. The Hall–Kier alpha value is -9.80. The predicted molar refractivity (Wildman–Crippen MR) is 454 cm³/mol. The molecule has 30 atom stereocenters. The summed E-state index contributed by atoms with van der Waals surface area (Å²) >= 11 is 0. The van der Waals surface area contributed by atoms with Gasteiger partial charge in [0, 0.05) is 5.92 Å². The number of alkyl carbamates (subject to hydrolysis) is 5. The molecule has 694 valence electrons. The lowest BCUT2D eigenvalue weighted by Crippen LogP contribution is -2.63. The first kappa shape index (κ1) is 95.8. The standard InChI is InChI=1S/C50H63N3O15.C44H56N2O14/c1-4-34-21-23-36(51-48(57)60-27-31-15-9-6-10-16-31)45(63-34)66-42-30(3)25-38(53-50(59)62-29-33-19-13-8-14-20-33)40(55)44(42)68-47-41(56)43(39(26-54)65-47)67-46-37(24-22-35(5-2)64-46)52-49(58)61-28-32-17-11-7-12-18-32;1-4-29-16-18-31(45-43(50)52-23-26-12-8-6-9-13-26)40(54-29)58-36-25(3)20-28-21-34(48)57-37(28)39(36)60-42-35(49)38(33(22-47)56-42)59-41-32(19-17-30(5-2)55-41)46-44(51)53-24-27-14-10-7-11-15-27/h6-24,30,34-47,54-56H,4-5,25-29H2,1-3H3,(H,51,57)(H,52,58)(H,53,59);6-19,25,28-33,35-42,47,49H,4-5,20-24H2,1-3H3,(H,45,50)(H,46,51)/t30-,34+,35+,36+,37+,38+,39+,40-,41+,42+,43+,44+,45+,46+,47-;25-,28-,29+,30+,31+,32+,33+,35+,36+,37-,38+,39-,40+,41+,42-/m00/s1. The van der Waals surface area contributed by atoms with E-state index in [1.807, 2.05) is 218 Å². The number of rotatable bonds is 33. The Bertz CT molecular complexity index is 4430. The molecule has 5 aromatic carbocycles. The van der Waals surface area contributed by atoms with Gasteiger partial charge in [-0.25, -0.2) is 24.0 Å². The van der Waals surface area contributed by atoms with E-state index in [4.69, 9.17) is 85.3 Å². The van der Waals surface area contributed by atoms with Crippen molar-refractivity contribution in [1.29, 1.82) is 0 Å². The predicted octanol–water partition coefficient (Wildman–Crippen LogP) is 9.05. The van der Waals surface area contributed by atoms with Gasteiger partial charge in [0.1, 0.15) is 118 Å². The highest BCUT2D eigenvalue weighted by molar-refractivity contribution is 5.72. The fraction of sp³-hybridized carbons (Fsp3) is 0.532. The Morgan fingerprint density at radius 1 is 0.344 bits per heavy atom. The first-order valence-corrected chi connectivity index (χ1v) is 44.0. The van der Waals surface area contributed by atoms with Gasteiger partial charge in [-0.15, -0.1) is 0 Å². The molecular weight excluding hydrogens is 1660 g/mol. The molecule has 2 saturated carbocycles. The number of esters is 1. The molecular formula is C94H119N5O29. The lowest BCUT2D eigenvalue weighted by atomic mass is 9.76. The van der Waals surface area contributed by atoms with Gasteiger partial charge >= 0.3 is 36.4 Å². The van der Waals surface area contributed by atoms with E-state index in [0.717, 1.165) is 27.8 Å². The van der Waals surface area contributed by atoms with Crippen molar-refractivity contribution in [3.05, 3.63) is 228 Å². The number of aliphatic hydroxyl groups is 5. The average Bonchev–Trinajstić information content (AvgIpc) is 1.55. The monoisotopic (exact) mass is 1780 g/mol. The molecule has 3 saturated heterocycles. The molecule has 7 aliphatic heterocycles. The zero-order valence-electron chi connectivity index (χ0n) is 72.3. The van der Waals surface area contributed by atoms with Crippen LogP contribution in [0, 0.1) is 17.8 Å². The molecule has 0 aromatic heterocycles. The third kappa shape index (κ3) is 26.1. The number of carbonyl (C=O) groups is 6. The van der Waals surface area contributed by atoms with Crippen molar-refractivity contribution in [3.8, 4) is 0 Å². The van der Waals surface area contributed by atoms with E-state index in [-0.39, 0.29) is 82.0 Å². The third-order valence-corrected chi connectivity index (χ3v) is 23.6. The molecule has 128 heavy (non-hydrogen) atoms. The first-order chi connectivity index (χ1) is 62.1. The number of fused-ring (bicyclic) bond motifs is 1. The molecule has 14 rings (SSSR count). The summed E-state index contributed by atoms with van der Waals surface area (Å²) in [6.45, 7) is 10.6. The molecule has 9 aliphatic rings. The van der Waals surface area contributed by atoms with Gasteiger partial charge in [0.2, 0.25) is 0 Å². The highest BCUT2D eigenvalue weighted by Crippen LogP contribution is 2.45. The second-order valence-corrected chi connectivity index (χ2v) is 33.0. The van der Waals surface area contributed by atoms with Gasteiger partial charge in [-0.05, 0) is 78.2 Å². The summed E-state index contributed by atoms with van der Waals surface area (Å²) in [5, 5.41) is 70.9. The van der Waals surface area contributed by atoms with E-state index in [9.17, 15) is 54.3 Å². The van der Waals surface area contributed by atoms with Gasteiger partial charge in [-0.3, -0.25) is 4.79 Å². The number of benzene rings is 5. The molecule has 5 amide bonds. The fourth-order valence-corrected chi connectivity index (χ4v) is 16.7. The van der Waals surface area contributed by atoms with Crippen LogP contribution in [0.1, 0.15) is 114 Å². The Morgan fingerprint density at radius 2 is 0.625 bits per heavy atom. The first-order valence-electron chi connectivity index (χ1n) is 44.0. The SMILES string of the molecule is CC[C@@H]1C=C[C@@H](NC(=O)OCc2ccccc2)[C@@H](O[C@H]2[C@H](O[C@@H]3O[C@H](CO)[C@@H](O[C@H]4O[C@H](CC)C=C[C@H]4NC(=O)OCc4ccccc4)[C@H]3O)[C@@H](O)[C@H](NC(=O)OCc3ccccc3)C[C@@H]2C)O1.CC[C@@H]1C=C[C@@H](NC(=O)OCc2ccccc2)[C@@H](O[C@H]2[C@H](O[C@@H]3O[C@H](CO)[C@@H](O[C@H]4O[C@H](CC)C=C[C@H]4NC(=O)OCc4ccccc4)[C@H]3O)[C@H]3OC(=O)C[C@@H]3C[C@@H]2C)O1. The lowest BCUT2D eigenvalue weighted by Gasteiger charge is -2.46. The van der Waals surface area contributed by atoms with Crippen molar-refractivity contribution in [2.45, 2.75) is 285 Å². The van der Waals surface area contributed by atoms with Crippen molar-refractivity contribution >= 4 is 36.4 Å². The van der Waals surface area contributed by atoms with E-state index in [2.05, 4.69) is 26.6 Å². The van der Waals surface area contributed by atoms with Crippen LogP contribution in [0.25, 0.3) is 0 Å². The van der Waals surface area contributed by atoms with E-state index < -0.39 is 197 Å². The van der Waals surface area contributed by atoms with Crippen LogP contribution in [0.2, 0.25) is 0 Å². The Morgan fingerprint density at radius 3 is 0.938 bits per heavy atom. The second kappa shape index (κ2) is 47.2. The maximum Gasteiger partial charge on any atom is 0.408 e. The molecule has 0 spiro atoms. The van der Waals surface area contributed by atoms with E-state index in [1.165, 1.54) is 0 Å². The van der Waals surface area contributed by atoms with Crippen LogP contribution in [0.15, 0.2) is 200 Å². The molecule has 2 aliphatic carbocycles. The smallest absolute Gasteiger partial charge is 0.408 e. The van der Waals surface area contributed by atoms with Crippen molar-refractivity contribution in [2.24, 2.45) is 17.8 Å². The van der Waals surface area contributed by atoms with Gasteiger partial charge in [0.25, 0.3) is 0 Å². The van der Waals surface area contributed by atoms with Crippen molar-refractivity contribution in [2.75, 3.05) is 13.2 Å². The Kier molecular flexibility index (Phi) is 35.3. The van der Waals surface area contributed by atoms with Crippen LogP contribution in [0.3, 0.4) is 0 Å². The minimum absolute atomic E-state index is 0.0131. The summed E-state index contributed by atoms with van der Waals surface area (Å²) < 4.78 is 110. The molecule has 34 nitrogen and oxygen atoms in total. The summed E-state index contributed by atoms with van der Waals surface area (Å²) in [6.07, 6.45) is -8.69. The fourth-order valence-electron chi connectivity index (χ4n) is 16.7. The minimum atomic E-state index is -1.59. The lowest BCUT2D eigenvalue weighted by molar-refractivity contribution is -0.287. The molecule has 0 unspecified atom stereocenters. The largest absolute Gasteiger partial charge is 0.459 e. The number of nitrogens with one attached hydrogen (secondary N) is 5. The van der Waals surface area contributed by atoms with Gasteiger partial charge < -0.3 is 137 Å². The van der Waals surface area contributed by atoms with Crippen LogP contribution in [0.4, 0.5) is 24.0 Å². The maximum atomic E-state index is 13.2. The number of carbonyl (C=O) groups excluding carboxylic acids is 6. The Labute approximate surface area is 743 Å². The summed E-state index contributed by atoms with van der Waals surface area (Å²) in [5.41, 5.74) is 3.99. The highest BCUT2D eigenvalue weighted by Gasteiger charge is 2.58. The molecule has 5 aromatic rings. The number of ether oxygens (including phenoxy) is 18. The van der Waals surface area contributed by atoms with Crippen molar-refractivity contribution < 1.29 is 140 Å². The van der Waals surface area contributed by atoms with Gasteiger partial charge in [-0.2, -0.15) is 0 Å². The van der Waals surface area contributed by atoms with Crippen LogP contribution in [0.5, 0.6) is 0 Å². The molecule has 0 bridgehead atoms. The summed E-state index contributed by atoms with van der Waals surface area (Å²) in [6, 6.07) is 41.9. The van der Waals surface area contributed by atoms with Crippen LogP contribution < -0.4 is 26.6 Å². The van der Waals surface area contributed by atoms with E-state index >= 15 is 0 Å². The molecule has 34 heteroatoms. The topological polar surface area (TPSA) is 430 Å². The number of hydrogen-bond donors (Lipinski definition) is 10. The van der Waals surface area contributed by atoms with Gasteiger partial charge in [0.05, 0.1) is 62.3 Å². The quantitative estimate of drug-likeness (QED) is 0.0106. The molecule has 7 heterocycles. The van der Waals surface area contributed by atoms with Gasteiger partial charge in [0.15, 0.2) is 37.7 Å². The highest BCUT2D eigenvalue weighted by atomic mass is 16.8. The van der Waals surface area contributed by atoms with E-state index in [0.29, 0.717) is 32.1 Å². The van der Waals surface area contributed by atoms with Gasteiger partial charge in [-0.1, -0.05) is 242 Å². The average molecular weight is 1780 g/mol. The van der Waals surface area contributed by atoms with Crippen molar-refractivity contribution in [3.63, 3.8) is 0 Å². The number of hydrogen-bond acceptors (Lipinski definition) is 29. The molecule has 5 fully saturated rings.